The van der Waals surface area contributed by atoms with E-state index in [9.17, 15) is 19.8 Å². The first-order valence-corrected chi connectivity index (χ1v) is 14.4. The average Bonchev–Trinajstić information content (AvgIpc) is 3.16. The van der Waals surface area contributed by atoms with Gasteiger partial charge in [-0.2, -0.15) is 0 Å². The van der Waals surface area contributed by atoms with Gasteiger partial charge in [0.2, 0.25) is 0 Å². The Kier molecular flexibility index (Phi) is 12.8. The van der Waals surface area contributed by atoms with E-state index in [0.29, 0.717) is 17.9 Å². The zero-order chi connectivity index (χ0) is 27.6. The first-order valence-electron chi connectivity index (χ1n) is 14.4. The van der Waals surface area contributed by atoms with Crippen LogP contribution in [-0.4, -0.2) is 38.6 Å². The summed E-state index contributed by atoms with van der Waals surface area (Å²) >= 11 is 0. The van der Waals surface area contributed by atoms with Crippen LogP contribution < -0.4 is 11.2 Å². The Balaban J connectivity index is 1.88. The number of rotatable bonds is 16. The van der Waals surface area contributed by atoms with Crippen LogP contribution in [0.25, 0.3) is 0 Å². The number of aromatic nitrogens is 2. The molecule has 1 aliphatic rings. The summed E-state index contributed by atoms with van der Waals surface area (Å²) in [4.78, 5) is 26.9. The number of aliphatic hydroxyl groups excluding tert-OH is 2. The van der Waals surface area contributed by atoms with Crippen molar-refractivity contribution >= 4 is 0 Å². The van der Waals surface area contributed by atoms with Crippen molar-refractivity contribution in [1.82, 2.24) is 9.55 Å². The molecule has 37 heavy (non-hydrogen) atoms. The molecular formula is C30H52N2O5. The second kappa shape index (κ2) is 15.0. The van der Waals surface area contributed by atoms with Gasteiger partial charge in [-0.3, -0.25) is 14.3 Å². The normalized spacial score (nSPS) is 24.1. The van der Waals surface area contributed by atoms with E-state index < -0.39 is 29.2 Å². The minimum Gasteiger partial charge on any atom is -0.394 e. The molecule has 1 aromatic rings. The summed E-state index contributed by atoms with van der Waals surface area (Å²) in [5.74, 6) is 2.34. The third-order valence-corrected chi connectivity index (χ3v) is 7.98. The molecule has 5 atom stereocenters. The molecule has 0 aliphatic carbocycles. The van der Waals surface area contributed by atoms with Gasteiger partial charge in [0.1, 0.15) is 6.10 Å². The van der Waals surface area contributed by atoms with Gasteiger partial charge in [0.15, 0.2) is 5.72 Å². The Morgan fingerprint density at radius 2 is 1.70 bits per heavy atom. The Labute approximate surface area is 223 Å². The van der Waals surface area contributed by atoms with Crippen LogP contribution in [0.3, 0.4) is 0 Å². The minimum atomic E-state index is -1.14. The first kappa shape index (κ1) is 31.5. The van der Waals surface area contributed by atoms with Gasteiger partial charge in [0.05, 0.1) is 12.7 Å². The van der Waals surface area contributed by atoms with Crippen LogP contribution in [0, 0.1) is 24.7 Å². The molecule has 1 fully saturated rings. The molecule has 1 saturated heterocycles. The molecule has 0 saturated carbocycles. The van der Waals surface area contributed by atoms with Gasteiger partial charge in [0.25, 0.3) is 5.56 Å². The molecule has 0 radical (unpaired) electrons. The Hall–Kier alpha value is -1.70. The van der Waals surface area contributed by atoms with Crippen LogP contribution in [-0.2, 0) is 10.5 Å². The summed E-state index contributed by atoms with van der Waals surface area (Å²) in [6.45, 7) is 12.7. The fourth-order valence-corrected chi connectivity index (χ4v) is 5.42. The molecule has 0 aromatic carbocycles. The van der Waals surface area contributed by atoms with Crippen molar-refractivity contribution in [2.24, 2.45) is 17.8 Å². The number of allylic oxidation sites excluding steroid dienone is 1. The van der Waals surface area contributed by atoms with Crippen molar-refractivity contribution in [3.63, 3.8) is 0 Å². The summed E-state index contributed by atoms with van der Waals surface area (Å²) in [5, 5.41) is 20.1. The van der Waals surface area contributed by atoms with Gasteiger partial charge in [-0.1, -0.05) is 84.3 Å². The van der Waals surface area contributed by atoms with Crippen molar-refractivity contribution in [1.29, 1.82) is 0 Å². The Morgan fingerprint density at radius 1 is 1.11 bits per heavy atom. The van der Waals surface area contributed by atoms with Crippen LogP contribution in [0.1, 0.15) is 111 Å². The molecule has 2 rings (SSSR count). The summed E-state index contributed by atoms with van der Waals surface area (Å²) in [5.41, 5.74) is -0.543. The molecule has 0 unspecified atom stereocenters. The quantitative estimate of drug-likeness (QED) is 0.253. The molecule has 1 aromatic heterocycles. The van der Waals surface area contributed by atoms with Gasteiger partial charge < -0.3 is 14.9 Å². The molecule has 1 aliphatic heterocycles. The highest BCUT2D eigenvalue weighted by atomic mass is 16.6. The van der Waals surface area contributed by atoms with Crippen molar-refractivity contribution in [3.05, 3.63) is 44.2 Å². The fourth-order valence-electron chi connectivity index (χ4n) is 5.42. The number of nitrogens with zero attached hydrogens (tertiary/aromatic N) is 1. The number of nitrogens with one attached hydrogen (secondary N) is 1. The van der Waals surface area contributed by atoms with E-state index in [1.165, 1.54) is 61.3 Å². The van der Waals surface area contributed by atoms with Crippen molar-refractivity contribution < 1.29 is 14.9 Å². The summed E-state index contributed by atoms with van der Waals surface area (Å²) in [6.07, 6.45) is 13.7. The highest BCUT2D eigenvalue weighted by Crippen LogP contribution is 2.38. The van der Waals surface area contributed by atoms with E-state index in [1.807, 2.05) is 0 Å². The molecule has 2 heterocycles. The van der Waals surface area contributed by atoms with E-state index in [0.717, 1.165) is 24.7 Å². The van der Waals surface area contributed by atoms with Crippen LogP contribution in [0.4, 0.5) is 0 Å². The lowest BCUT2D eigenvalue weighted by molar-refractivity contribution is -0.117. The summed E-state index contributed by atoms with van der Waals surface area (Å²) < 4.78 is 7.43. The predicted octanol–water partition coefficient (Wildman–Crippen LogP) is 5.42. The number of hydrogen-bond acceptors (Lipinski definition) is 5. The first-order chi connectivity index (χ1) is 17.5. The molecule has 0 bridgehead atoms. The molecule has 7 nitrogen and oxygen atoms in total. The second-order valence-electron chi connectivity index (χ2n) is 12.1. The van der Waals surface area contributed by atoms with Crippen LogP contribution in [0.2, 0.25) is 0 Å². The SMILES string of the molecule is C/C(=C\C[C@]1(n2cc(C)c(=O)[nH]c2=O)C[C@H](O)[C@@H](CO)O1)CCC[C@H](C)CCC[C@H](C)CCCC(C)C. The van der Waals surface area contributed by atoms with Gasteiger partial charge in [-0.25, -0.2) is 4.79 Å². The predicted molar refractivity (Wildman–Crippen MR) is 150 cm³/mol. The lowest BCUT2D eigenvalue weighted by Crippen LogP contribution is -2.44. The lowest BCUT2D eigenvalue weighted by atomic mass is 9.91. The van der Waals surface area contributed by atoms with Crippen molar-refractivity contribution in [2.45, 2.75) is 130 Å². The van der Waals surface area contributed by atoms with Crippen LogP contribution >= 0.6 is 0 Å². The number of hydrogen-bond donors (Lipinski definition) is 3. The smallest absolute Gasteiger partial charge is 0.330 e. The number of H-pyrrole nitrogens is 1. The maximum atomic E-state index is 12.6. The molecule has 0 amide bonds. The Morgan fingerprint density at radius 3 is 2.27 bits per heavy atom. The number of aliphatic hydroxyl groups is 2. The Bertz CT molecular complexity index is 965. The van der Waals surface area contributed by atoms with Gasteiger partial charge in [0, 0.05) is 24.6 Å². The minimum absolute atomic E-state index is 0.167. The monoisotopic (exact) mass is 520 g/mol. The maximum Gasteiger partial charge on any atom is 0.330 e. The fraction of sp³-hybridized carbons (Fsp3) is 0.800. The summed E-state index contributed by atoms with van der Waals surface area (Å²) in [6, 6.07) is 0. The van der Waals surface area contributed by atoms with E-state index in [4.69, 9.17) is 4.74 Å². The maximum absolute atomic E-state index is 12.6. The average molecular weight is 521 g/mol. The van der Waals surface area contributed by atoms with Gasteiger partial charge in [-0.15, -0.1) is 0 Å². The van der Waals surface area contributed by atoms with Crippen LogP contribution in [0.5, 0.6) is 0 Å². The number of aryl methyl sites for hydroxylation is 1. The van der Waals surface area contributed by atoms with E-state index in [-0.39, 0.29) is 13.0 Å². The number of ether oxygens (including phenoxy) is 1. The van der Waals surface area contributed by atoms with Crippen molar-refractivity contribution in [3.8, 4) is 0 Å². The molecule has 3 N–H and O–H groups in total. The van der Waals surface area contributed by atoms with E-state index >= 15 is 0 Å². The molecule has 7 heteroatoms. The highest BCUT2D eigenvalue weighted by Gasteiger charge is 2.47. The number of aromatic amines is 1. The molecule has 212 valence electrons. The van der Waals surface area contributed by atoms with Gasteiger partial charge >= 0.3 is 5.69 Å². The zero-order valence-corrected chi connectivity index (χ0v) is 24.1. The van der Waals surface area contributed by atoms with E-state index in [1.54, 1.807) is 6.92 Å². The third-order valence-electron chi connectivity index (χ3n) is 7.98. The zero-order valence-electron chi connectivity index (χ0n) is 24.1. The largest absolute Gasteiger partial charge is 0.394 e. The lowest BCUT2D eigenvalue weighted by Gasteiger charge is -2.30. The molecule has 0 spiro atoms. The van der Waals surface area contributed by atoms with E-state index in [2.05, 4.69) is 45.7 Å². The molecular weight excluding hydrogens is 468 g/mol. The highest BCUT2D eigenvalue weighted by molar-refractivity contribution is 5.08. The summed E-state index contributed by atoms with van der Waals surface area (Å²) in [7, 11) is 0. The van der Waals surface area contributed by atoms with Gasteiger partial charge in [-0.05, 0) is 44.4 Å². The second-order valence-corrected chi connectivity index (χ2v) is 12.1. The standard InChI is InChI=1S/C30H52N2O5/c1-21(2)10-7-11-22(3)12-8-13-23(4)14-9-15-24(5)16-17-30(18-26(34)27(20-33)37-30)32-19-25(6)28(35)31-29(32)36/h16,19,21-23,26-27,33-34H,7-15,17-18,20H2,1-6H3,(H,31,35,36)/b24-16+/t22-,23-,26+,27-,30-/m1/s1. The topological polar surface area (TPSA) is 105 Å². The van der Waals surface area contributed by atoms with Crippen molar-refractivity contribution in [2.75, 3.05) is 6.61 Å². The van der Waals surface area contributed by atoms with Crippen LogP contribution in [0.15, 0.2) is 27.4 Å². The third kappa shape index (κ3) is 9.84.